The van der Waals surface area contributed by atoms with E-state index in [1.807, 2.05) is 37.2 Å². The van der Waals surface area contributed by atoms with Gasteiger partial charge in [-0.15, -0.1) is 24.0 Å². The van der Waals surface area contributed by atoms with Gasteiger partial charge in [-0.05, 0) is 38.1 Å². The molecule has 2 unspecified atom stereocenters. The third-order valence-electron chi connectivity index (χ3n) is 5.58. The van der Waals surface area contributed by atoms with Gasteiger partial charge in [0.05, 0.1) is 31.7 Å². The van der Waals surface area contributed by atoms with Crippen molar-refractivity contribution in [2.75, 3.05) is 46.4 Å². The lowest BCUT2D eigenvalue weighted by molar-refractivity contribution is -0.00814. The molecule has 0 saturated carbocycles. The normalized spacial score (nSPS) is 21.8. The van der Waals surface area contributed by atoms with Crippen molar-refractivity contribution in [3.8, 4) is 0 Å². The highest BCUT2D eigenvalue weighted by Crippen LogP contribution is 2.25. The number of aliphatic imine (C=N–C) groups is 1. The molecule has 29 heavy (non-hydrogen) atoms. The molecule has 8 nitrogen and oxygen atoms in total. The summed E-state index contributed by atoms with van der Waals surface area (Å²) >= 11 is 0. The second-order valence-corrected chi connectivity index (χ2v) is 7.46. The number of nitrogens with one attached hydrogen (secondary N) is 1. The predicted octanol–water partition coefficient (Wildman–Crippen LogP) is 2.42. The molecule has 9 heteroatoms. The van der Waals surface area contributed by atoms with E-state index in [0.717, 1.165) is 50.0 Å². The number of rotatable bonds is 5. The molecule has 2 saturated heterocycles. The monoisotopic (exact) mass is 514 g/mol. The zero-order valence-electron chi connectivity index (χ0n) is 17.2. The molecule has 4 rings (SSSR count). The number of likely N-dealkylation sites (tertiary alicyclic amines) is 1. The van der Waals surface area contributed by atoms with Gasteiger partial charge in [0.25, 0.3) is 0 Å². The second-order valence-electron chi connectivity index (χ2n) is 7.46. The van der Waals surface area contributed by atoms with Gasteiger partial charge in [0.2, 0.25) is 0 Å². The number of halogens is 1. The van der Waals surface area contributed by atoms with Crippen molar-refractivity contribution >= 4 is 29.9 Å². The van der Waals surface area contributed by atoms with Crippen LogP contribution >= 0.6 is 24.0 Å². The van der Waals surface area contributed by atoms with Crippen LogP contribution < -0.4 is 5.32 Å². The van der Waals surface area contributed by atoms with Gasteiger partial charge in [-0.1, -0.05) is 0 Å². The van der Waals surface area contributed by atoms with Gasteiger partial charge in [0.15, 0.2) is 5.96 Å². The lowest BCUT2D eigenvalue weighted by Gasteiger charge is -2.35. The van der Waals surface area contributed by atoms with E-state index in [2.05, 4.69) is 31.3 Å². The number of nitrogens with zero attached hydrogens (tertiary/aromatic N) is 5. The number of ether oxygens (including phenoxy) is 1. The molecule has 2 atom stereocenters. The summed E-state index contributed by atoms with van der Waals surface area (Å²) in [5.41, 5.74) is 1.10. The first-order chi connectivity index (χ1) is 13.7. The first-order valence-corrected chi connectivity index (χ1v) is 10.1. The molecule has 0 spiro atoms. The van der Waals surface area contributed by atoms with Crippen molar-refractivity contribution in [2.45, 2.75) is 25.0 Å². The summed E-state index contributed by atoms with van der Waals surface area (Å²) in [5, 5.41) is 7.85. The number of hydrogen-bond donors (Lipinski definition) is 1. The number of furan rings is 1. The Bertz CT molecular complexity index is 772. The van der Waals surface area contributed by atoms with E-state index in [4.69, 9.17) is 9.15 Å². The molecular weight excluding hydrogens is 483 g/mol. The van der Waals surface area contributed by atoms with E-state index in [1.54, 1.807) is 6.26 Å². The Balaban J connectivity index is 0.00000240. The lowest BCUT2D eigenvalue weighted by atomic mass is 10.1. The van der Waals surface area contributed by atoms with Gasteiger partial charge in [-0.25, -0.2) is 0 Å². The molecule has 160 valence electrons. The minimum absolute atomic E-state index is 0. The lowest BCUT2D eigenvalue weighted by Crippen LogP contribution is -2.49. The molecule has 0 amide bonds. The minimum Gasteiger partial charge on any atom is -0.468 e. The molecule has 2 aromatic rings. The molecule has 2 fully saturated rings. The van der Waals surface area contributed by atoms with Crippen LogP contribution in [-0.2, 0) is 11.8 Å². The van der Waals surface area contributed by atoms with E-state index < -0.39 is 0 Å². The van der Waals surface area contributed by atoms with Crippen LogP contribution in [0.5, 0.6) is 0 Å². The molecule has 1 N–H and O–H groups in total. The van der Waals surface area contributed by atoms with Crippen molar-refractivity contribution in [1.82, 2.24) is 24.9 Å². The molecule has 0 bridgehead atoms. The number of morpholine rings is 1. The molecule has 2 aromatic heterocycles. The number of aromatic nitrogens is 2. The van der Waals surface area contributed by atoms with Crippen molar-refractivity contribution in [1.29, 1.82) is 0 Å². The Morgan fingerprint density at radius 3 is 2.83 bits per heavy atom. The average molecular weight is 514 g/mol. The first-order valence-electron chi connectivity index (χ1n) is 10.1. The zero-order valence-corrected chi connectivity index (χ0v) is 19.5. The summed E-state index contributed by atoms with van der Waals surface area (Å²) < 4.78 is 13.5. The van der Waals surface area contributed by atoms with Crippen LogP contribution in [0.3, 0.4) is 0 Å². The predicted molar refractivity (Wildman–Crippen MR) is 123 cm³/mol. The van der Waals surface area contributed by atoms with Crippen LogP contribution in [0, 0.1) is 0 Å². The van der Waals surface area contributed by atoms with Gasteiger partial charge in [-0.2, -0.15) is 5.10 Å². The molecule has 0 radical (unpaired) electrons. The SMILES string of the molecule is CN=C(NCC(c1ccco1)N1CCCC1)N1CCOC(c2cnn(C)c2)C1.I. The summed E-state index contributed by atoms with van der Waals surface area (Å²) in [7, 11) is 3.77. The Morgan fingerprint density at radius 2 is 2.17 bits per heavy atom. The van der Waals surface area contributed by atoms with Crippen LogP contribution in [0.1, 0.15) is 36.3 Å². The van der Waals surface area contributed by atoms with Crippen LogP contribution in [0.15, 0.2) is 40.2 Å². The van der Waals surface area contributed by atoms with E-state index in [9.17, 15) is 0 Å². The third-order valence-corrected chi connectivity index (χ3v) is 5.58. The molecule has 0 aromatic carbocycles. The molecule has 4 heterocycles. The number of guanidine groups is 1. The van der Waals surface area contributed by atoms with Crippen LogP contribution in [-0.4, -0.2) is 71.9 Å². The largest absolute Gasteiger partial charge is 0.468 e. The molecule has 0 aliphatic carbocycles. The first kappa shape index (κ1) is 22.1. The van der Waals surface area contributed by atoms with Gasteiger partial charge >= 0.3 is 0 Å². The summed E-state index contributed by atoms with van der Waals surface area (Å²) in [4.78, 5) is 9.30. The van der Waals surface area contributed by atoms with Crippen LogP contribution in [0.2, 0.25) is 0 Å². The summed E-state index contributed by atoms with van der Waals surface area (Å²) in [6.07, 6.45) is 8.17. The molecule has 2 aliphatic rings. The summed E-state index contributed by atoms with van der Waals surface area (Å²) in [5.74, 6) is 1.92. The maximum Gasteiger partial charge on any atom is 0.193 e. The third kappa shape index (κ3) is 5.32. The van der Waals surface area contributed by atoms with Crippen molar-refractivity contribution in [3.05, 3.63) is 42.1 Å². The fourth-order valence-electron chi connectivity index (χ4n) is 4.11. The Morgan fingerprint density at radius 1 is 1.34 bits per heavy atom. The highest BCUT2D eigenvalue weighted by Gasteiger charge is 2.28. The second kappa shape index (κ2) is 10.4. The van der Waals surface area contributed by atoms with E-state index in [-0.39, 0.29) is 36.1 Å². The zero-order chi connectivity index (χ0) is 19.3. The number of hydrogen-bond acceptors (Lipinski definition) is 5. The highest BCUT2D eigenvalue weighted by molar-refractivity contribution is 14.0. The van der Waals surface area contributed by atoms with Crippen molar-refractivity contribution in [2.24, 2.45) is 12.0 Å². The Kier molecular flexibility index (Phi) is 7.96. The van der Waals surface area contributed by atoms with E-state index in [0.29, 0.717) is 6.61 Å². The van der Waals surface area contributed by atoms with Gasteiger partial charge in [0, 0.05) is 38.9 Å². The van der Waals surface area contributed by atoms with Crippen molar-refractivity contribution < 1.29 is 9.15 Å². The topological polar surface area (TPSA) is 71.1 Å². The summed E-state index contributed by atoms with van der Waals surface area (Å²) in [6, 6.07) is 4.26. The Labute approximate surface area is 189 Å². The molecular formula is C20H31IN6O2. The van der Waals surface area contributed by atoms with Crippen LogP contribution in [0.4, 0.5) is 0 Å². The van der Waals surface area contributed by atoms with E-state index >= 15 is 0 Å². The fourth-order valence-corrected chi connectivity index (χ4v) is 4.11. The highest BCUT2D eigenvalue weighted by atomic mass is 127. The van der Waals surface area contributed by atoms with Crippen molar-refractivity contribution in [3.63, 3.8) is 0 Å². The molecule has 2 aliphatic heterocycles. The Hall–Kier alpha value is -1.59. The minimum atomic E-state index is 0. The summed E-state index contributed by atoms with van der Waals surface area (Å²) in [6.45, 7) is 5.27. The maximum atomic E-state index is 5.97. The van der Waals surface area contributed by atoms with E-state index in [1.165, 1.54) is 12.8 Å². The van der Waals surface area contributed by atoms with Gasteiger partial charge < -0.3 is 19.4 Å². The van der Waals surface area contributed by atoms with Gasteiger partial charge in [0.1, 0.15) is 11.9 Å². The maximum absolute atomic E-state index is 5.97. The smallest absolute Gasteiger partial charge is 0.193 e. The van der Waals surface area contributed by atoms with Crippen LogP contribution in [0.25, 0.3) is 0 Å². The average Bonchev–Trinajstić information content (AvgIpc) is 3.48. The number of aryl methyl sites for hydroxylation is 1. The standard InChI is InChI=1S/C20H30N6O2.HI/c1-21-20(26-9-11-28-19(15-26)16-12-23-24(2)14-16)22-13-17(18-6-5-10-27-18)25-7-3-4-8-25;/h5-6,10,12,14,17,19H,3-4,7-9,11,13,15H2,1-2H3,(H,21,22);1H. The quantitative estimate of drug-likeness (QED) is 0.376. The fraction of sp³-hybridized carbons (Fsp3) is 0.600. The van der Waals surface area contributed by atoms with Gasteiger partial charge in [-0.3, -0.25) is 14.6 Å².